The van der Waals surface area contributed by atoms with Gasteiger partial charge in [0.05, 0.1) is 17.2 Å². The van der Waals surface area contributed by atoms with Crippen LogP contribution in [-0.4, -0.2) is 24.5 Å². The van der Waals surface area contributed by atoms with Gasteiger partial charge in [0.2, 0.25) is 0 Å². The molecule has 2 aromatic rings. The van der Waals surface area contributed by atoms with Crippen molar-refractivity contribution in [3.05, 3.63) is 51.0 Å². The van der Waals surface area contributed by atoms with E-state index in [0.29, 0.717) is 5.92 Å². The Hall–Kier alpha value is -1.15. The molecule has 0 aliphatic heterocycles. The predicted molar refractivity (Wildman–Crippen MR) is 115 cm³/mol. The summed E-state index contributed by atoms with van der Waals surface area (Å²) < 4.78 is 0. The molecule has 0 aliphatic carbocycles. The van der Waals surface area contributed by atoms with Crippen molar-refractivity contribution in [2.45, 2.75) is 40.2 Å². The second kappa shape index (κ2) is 9.98. The minimum absolute atomic E-state index is 0. The lowest BCUT2D eigenvalue weighted by atomic mass is 10.0. The first kappa shape index (κ1) is 20.9. The lowest BCUT2D eigenvalue weighted by molar-refractivity contribution is 0.699. The van der Waals surface area contributed by atoms with Crippen LogP contribution in [-0.2, 0) is 6.54 Å². The molecule has 1 aromatic heterocycles. The molecule has 0 aliphatic rings. The van der Waals surface area contributed by atoms with Crippen LogP contribution in [0.3, 0.4) is 0 Å². The first-order chi connectivity index (χ1) is 11.0. The van der Waals surface area contributed by atoms with E-state index in [-0.39, 0.29) is 24.0 Å². The highest BCUT2D eigenvalue weighted by Gasteiger charge is 2.08. The summed E-state index contributed by atoms with van der Waals surface area (Å²) in [6.07, 6.45) is 0. The van der Waals surface area contributed by atoms with Crippen molar-refractivity contribution >= 4 is 41.3 Å². The number of aryl methyl sites for hydroxylation is 3. The molecular weight excluding hydrogens is 431 g/mol. The van der Waals surface area contributed by atoms with Crippen molar-refractivity contribution in [2.75, 3.05) is 13.6 Å². The zero-order chi connectivity index (χ0) is 16.8. The van der Waals surface area contributed by atoms with Crippen LogP contribution >= 0.6 is 35.3 Å². The van der Waals surface area contributed by atoms with Gasteiger partial charge in [-0.3, -0.25) is 4.99 Å². The summed E-state index contributed by atoms with van der Waals surface area (Å²) in [7, 11) is 1.80. The minimum atomic E-state index is 0. The molecule has 0 radical (unpaired) electrons. The highest BCUT2D eigenvalue weighted by Crippen LogP contribution is 2.17. The van der Waals surface area contributed by atoms with E-state index in [2.05, 4.69) is 65.6 Å². The Morgan fingerprint density at radius 2 is 1.83 bits per heavy atom. The van der Waals surface area contributed by atoms with E-state index in [4.69, 9.17) is 0 Å². The highest BCUT2D eigenvalue weighted by atomic mass is 127. The molecule has 4 nitrogen and oxygen atoms in total. The lowest BCUT2D eigenvalue weighted by Gasteiger charge is -2.16. The molecule has 2 N–H and O–H groups in total. The molecule has 0 saturated heterocycles. The summed E-state index contributed by atoms with van der Waals surface area (Å²) in [4.78, 5) is 10.0. The Kier molecular flexibility index (Phi) is 8.69. The van der Waals surface area contributed by atoms with Crippen LogP contribution < -0.4 is 10.6 Å². The van der Waals surface area contributed by atoms with Gasteiger partial charge in [0.15, 0.2) is 5.96 Å². The van der Waals surface area contributed by atoms with Crippen molar-refractivity contribution < 1.29 is 0 Å². The Labute approximate surface area is 166 Å². The van der Waals surface area contributed by atoms with Crippen molar-refractivity contribution in [3.8, 4) is 0 Å². The minimum Gasteiger partial charge on any atom is -0.356 e. The van der Waals surface area contributed by atoms with Gasteiger partial charge in [-0.15, -0.1) is 35.3 Å². The predicted octanol–water partition coefficient (Wildman–Crippen LogP) is 4.16. The van der Waals surface area contributed by atoms with Crippen LogP contribution in [0.5, 0.6) is 0 Å². The topological polar surface area (TPSA) is 49.3 Å². The Morgan fingerprint density at radius 1 is 1.17 bits per heavy atom. The quantitative estimate of drug-likeness (QED) is 0.402. The maximum atomic E-state index is 4.45. The molecule has 1 heterocycles. The third-order valence-corrected chi connectivity index (χ3v) is 4.93. The fraction of sp³-hybridized carbons (Fsp3) is 0.444. The van der Waals surface area contributed by atoms with Gasteiger partial charge < -0.3 is 10.6 Å². The number of guanidine groups is 1. The van der Waals surface area contributed by atoms with Crippen molar-refractivity contribution in [1.82, 2.24) is 15.6 Å². The maximum Gasteiger partial charge on any atom is 0.191 e. The van der Waals surface area contributed by atoms with E-state index in [0.717, 1.165) is 29.8 Å². The summed E-state index contributed by atoms with van der Waals surface area (Å²) in [5, 5.41) is 7.87. The molecule has 1 atom stereocenters. The molecule has 24 heavy (non-hydrogen) atoms. The molecule has 1 aromatic carbocycles. The molecule has 0 amide bonds. The third-order valence-electron chi connectivity index (χ3n) is 3.86. The number of thiazole rings is 1. The van der Waals surface area contributed by atoms with Gasteiger partial charge in [0.25, 0.3) is 0 Å². The van der Waals surface area contributed by atoms with Gasteiger partial charge in [-0.25, -0.2) is 4.98 Å². The number of hydrogen-bond donors (Lipinski definition) is 2. The summed E-state index contributed by atoms with van der Waals surface area (Å²) in [6, 6.07) is 8.71. The van der Waals surface area contributed by atoms with Crippen LogP contribution in [0.25, 0.3) is 0 Å². The van der Waals surface area contributed by atoms with Crippen LogP contribution in [0.4, 0.5) is 0 Å². The van der Waals surface area contributed by atoms with Gasteiger partial charge in [-0.1, -0.05) is 36.8 Å². The average Bonchev–Trinajstić information content (AvgIpc) is 2.85. The Bertz CT molecular complexity index is 664. The SMILES string of the molecule is CN=C(NCc1sc(C)nc1C)NCC(C)c1ccc(C)cc1.I. The summed E-state index contributed by atoms with van der Waals surface area (Å²) in [6.45, 7) is 10.0. The molecular formula is C18H27IN4S. The smallest absolute Gasteiger partial charge is 0.191 e. The van der Waals surface area contributed by atoms with Gasteiger partial charge >= 0.3 is 0 Å². The monoisotopic (exact) mass is 458 g/mol. The van der Waals surface area contributed by atoms with Gasteiger partial charge in [0.1, 0.15) is 0 Å². The van der Waals surface area contributed by atoms with E-state index in [1.807, 2.05) is 6.92 Å². The fourth-order valence-electron chi connectivity index (χ4n) is 2.38. The standard InChI is InChI=1S/C18H26N4S.HI/c1-12-6-8-16(9-7-12)13(2)10-20-18(19-5)21-11-17-14(3)22-15(4)23-17;/h6-9,13H,10-11H2,1-5H3,(H2,19,20,21);1H. The van der Waals surface area contributed by atoms with E-state index in [1.165, 1.54) is 16.0 Å². The number of benzene rings is 1. The van der Waals surface area contributed by atoms with Crippen molar-refractivity contribution in [3.63, 3.8) is 0 Å². The average molecular weight is 458 g/mol. The second-order valence-electron chi connectivity index (χ2n) is 5.86. The van der Waals surface area contributed by atoms with Crippen molar-refractivity contribution in [1.29, 1.82) is 0 Å². The third kappa shape index (κ3) is 6.05. The van der Waals surface area contributed by atoms with Crippen LogP contribution in [0.15, 0.2) is 29.3 Å². The molecule has 132 valence electrons. The summed E-state index contributed by atoms with van der Waals surface area (Å²) in [5.74, 6) is 1.26. The molecule has 2 rings (SSSR count). The lowest BCUT2D eigenvalue weighted by Crippen LogP contribution is -2.38. The largest absolute Gasteiger partial charge is 0.356 e. The normalized spacial score (nSPS) is 12.5. The Balaban J connectivity index is 0.00000288. The molecule has 0 saturated carbocycles. The number of halogens is 1. The first-order valence-corrected chi connectivity index (χ1v) is 8.75. The number of aromatic nitrogens is 1. The maximum absolute atomic E-state index is 4.45. The zero-order valence-electron chi connectivity index (χ0n) is 15.0. The first-order valence-electron chi connectivity index (χ1n) is 7.93. The van der Waals surface area contributed by atoms with Gasteiger partial charge in [-0.05, 0) is 32.3 Å². The molecule has 0 spiro atoms. The van der Waals surface area contributed by atoms with Crippen LogP contribution in [0.1, 0.15) is 39.5 Å². The van der Waals surface area contributed by atoms with Gasteiger partial charge in [-0.2, -0.15) is 0 Å². The highest BCUT2D eigenvalue weighted by molar-refractivity contribution is 14.0. The van der Waals surface area contributed by atoms with E-state index in [9.17, 15) is 0 Å². The summed E-state index contributed by atoms with van der Waals surface area (Å²) in [5.41, 5.74) is 3.73. The van der Waals surface area contributed by atoms with Gasteiger partial charge in [0, 0.05) is 18.5 Å². The van der Waals surface area contributed by atoms with Crippen LogP contribution in [0.2, 0.25) is 0 Å². The molecule has 1 unspecified atom stereocenters. The Morgan fingerprint density at radius 3 is 2.38 bits per heavy atom. The fourth-order valence-corrected chi connectivity index (χ4v) is 3.26. The number of rotatable bonds is 5. The molecule has 0 bridgehead atoms. The second-order valence-corrected chi connectivity index (χ2v) is 7.15. The number of nitrogens with zero attached hydrogens (tertiary/aromatic N) is 2. The van der Waals surface area contributed by atoms with E-state index in [1.54, 1.807) is 18.4 Å². The zero-order valence-corrected chi connectivity index (χ0v) is 18.2. The van der Waals surface area contributed by atoms with E-state index >= 15 is 0 Å². The van der Waals surface area contributed by atoms with Crippen molar-refractivity contribution in [2.24, 2.45) is 4.99 Å². The van der Waals surface area contributed by atoms with Crippen LogP contribution in [0, 0.1) is 20.8 Å². The molecule has 0 fully saturated rings. The number of aliphatic imine (C=N–C) groups is 1. The molecule has 6 heteroatoms. The number of hydrogen-bond acceptors (Lipinski definition) is 3. The number of nitrogens with one attached hydrogen (secondary N) is 2. The van der Waals surface area contributed by atoms with E-state index < -0.39 is 0 Å². The summed E-state index contributed by atoms with van der Waals surface area (Å²) >= 11 is 1.73.